The van der Waals surface area contributed by atoms with Gasteiger partial charge in [-0.25, -0.2) is 4.79 Å². The van der Waals surface area contributed by atoms with E-state index in [1.54, 1.807) is 7.05 Å². The lowest BCUT2D eigenvalue weighted by Crippen LogP contribution is -2.55. The minimum Gasteiger partial charge on any atom is -0.479 e. The third kappa shape index (κ3) is 3.18. The van der Waals surface area contributed by atoms with Crippen LogP contribution in [0.15, 0.2) is 0 Å². The highest BCUT2D eigenvalue weighted by Gasteiger charge is 2.43. The van der Waals surface area contributed by atoms with Gasteiger partial charge in [0.15, 0.2) is 5.54 Å². The molecule has 1 saturated heterocycles. The van der Waals surface area contributed by atoms with Gasteiger partial charge < -0.3 is 20.5 Å². The highest BCUT2D eigenvalue weighted by molar-refractivity contribution is 5.87. The van der Waals surface area contributed by atoms with Gasteiger partial charge in [-0.15, -0.1) is 0 Å². The molecule has 16 heavy (non-hydrogen) atoms. The summed E-state index contributed by atoms with van der Waals surface area (Å²) in [5.41, 5.74) is -1.21. The van der Waals surface area contributed by atoms with Crippen molar-refractivity contribution in [1.29, 1.82) is 0 Å². The van der Waals surface area contributed by atoms with Gasteiger partial charge in [-0.1, -0.05) is 0 Å². The molecule has 6 heteroatoms. The van der Waals surface area contributed by atoms with E-state index in [9.17, 15) is 9.59 Å². The smallest absolute Gasteiger partial charge is 0.331 e. The molecule has 1 heterocycles. The first kappa shape index (κ1) is 12.9. The minimum absolute atomic E-state index is 0.0557. The first-order chi connectivity index (χ1) is 7.60. The monoisotopic (exact) mass is 230 g/mol. The molecule has 0 bridgehead atoms. The Morgan fingerprint density at radius 1 is 1.50 bits per heavy atom. The number of rotatable bonds is 6. The van der Waals surface area contributed by atoms with Crippen LogP contribution >= 0.6 is 0 Å². The molecule has 1 fully saturated rings. The molecule has 0 aliphatic carbocycles. The molecule has 0 saturated carbocycles. The van der Waals surface area contributed by atoms with Crippen LogP contribution in [-0.4, -0.2) is 49.3 Å². The van der Waals surface area contributed by atoms with Gasteiger partial charge in [0, 0.05) is 19.4 Å². The number of carboxylic acids is 1. The molecule has 3 N–H and O–H groups in total. The summed E-state index contributed by atoms with van der Waals surface area (Å²) in [6, 6.07) is 0. The normalized spacial score (nSPS) is 24.3. The van der Waals surface area contributed by atoms with Gasteiger partial charge in [-0.05, 0) is 20.0 Å². The number of hydrogen-bond donors (Lipinski definition) is 3. The lowest BCUT2D eigenvalue weighted by molar-refractivity contribution is -0.147. The van der Waals surface area contributed by atoms with Crippen molar-refractivity contribution < 1.29 is 19.4 Å². The number of carboxylic acid groups (broad SMARTS) is 1. The molecule has 0 aromatic rings. The fraction of sp³-hybridized carbons (Fsp3) is 0.800. The quantitative estimate of drug-likeness (QED) is 0.528. The molecular weight excluding hydrogens is 212 g/mol. The summed E-state index contributed by atoms with van der Waals surface area (Å²) in [4.78, 5) is 22.6. The Hall–Kier alpha value is -1.14. The number of aliphatic carboxylic acids is 1. The lowest BCUT2D eigenvalue weighted by atomic mass is 9.98. The third-order valence-corrected chi connectivity index (χ3v) is 2.64. The first-order valence-electron chi connectivity index (χ1n) is 5.37. The van der Waals surface area contributed by atoms with E-state index in [4.69, 9.17) is 9.84 Å². The summed E-state index contributed by atoms with van der Waals surface area (Å²) in [6.07, 6.45) is 1.36. The molecule has 1 rings (SSSR count). The summed E-state index contributed by atoms with van der Waals surface area (Å²) in [5, 5.41) is 14.6. The van der Waals surface area contributed by atoms with Crippen LogP contribution in [0.25, 0.3) is 0 Å². The van der Waals surface area contributed by atoms with Crippen molar-refractivity contribution in [2.45, 2.75) is 24.8 Å². The van der Waals surface area contributed by atoms with Gasteiger partial charge in [0.1, 0.15) is 0 Å². The van der Waals surface area contributed by atoms with Crippen LogP contribution in [0.5, 0.6) is 0 Å². The maximum atomic E-state index is 11.5. The fourth-order valence-electron chi connectivity index (χ4n) is 1.64. The molecule has 1 aliphatic heterocycles. The van der Waals surface area contributed by atoms with Gasteiger partial charge in [-0.3, -0.25) is 4.79 Å². The minimum atomic E-state index is -1.21. The summed E-state index contributed by atoms with van der Waals surface area (Å²) in [5.74, 6) is -1.25. The van der Waals surface area contributed by atoms with Crippen LogP contribution in [0.2, 0.25) is 0 Å². The van der Waals surface area contributed by atoms with Crippen molar-refractivity contribution in [2.24, 2.45) is 0 Å². The van der Waals surface area contributed by atoms with Gasteiger partial charge >= 0.3 is 5.97 Å². The molecule has 1 aliphatic rings. The molecule has 0 aromatic heterocycles. The largest absolute Gasteiger partial charge is 0.479 e. The maximum Gasteiger partial charge on any atom is 0.331 e. The molecule has 1 amide bonds. The molecule has 1 atom stereocenters. The van der Waals surface area contributed by atoms with Crippen LogP contribution < -0.4 is 10.6 Å². The van der Waals surface area contributed by atoms with Crippen molar-refractivity contribution in [3.8, 4) is 0 Å². The summed E-state index contributed by atoms with van der Waals surface area (Å²) >= 11 is 0. The van der Waals surface area contributed by atoms with Crippen LogP contribution in [0.3, 0.4) is 0 Å². The Morgan fingerprint density at radius 3 is 2.75 bits per heavy atom. The van der Waals surface area contributed by atoms with Gasteiger partial charge in [-0.2, -0.15) is 0 Å². The zero-order valence-corrected chi connectivity index (χ0v) is 9.41. The zero-order chi connectivity index (χ0) is 12.0. The van der Waals surface area contributed by atoms with E-state index in [1.165, 1.54) is 0 Å². The van der Waals surface area contributed by atoms with Crippen molar-refractivity contribution in [1.82, 2.24) is 10.6 Å². The molecule has 6 nitrogen and oxygen atoms in total. The van der Waals surface area contributed by atoms with Crippen molar-refractivity contribution in [3.05, 3.63) is 0 Å². The van der Waals surface area contributed by atoms with Crippen molar-refractivity contribution >= 4 is 11.9 Å². The van der Waals surface area contributed by atoms with E-state index < -0.39 is 11.5 Å². The first-order valence-corrected chi connectivity index (χ1v) is 5.37. The predicted molar refractivity (Wildman–Crippen MR) is 57.1 cm³/mol. The zero-order valence-electron chi connectivity index (χ0n) is 9.41. The Kier molecular flexibility index (Phi) is 4.70. The second kappa shape index (κ2) is 5.81. The average Bonchev–Trinajstić information content (AvgIpc) is 2.68. The number of ether oxygens (including phenoxy) is 1. The molecule has 0 spiro atoms. The summed E-state index contributed by atoms with van der Waals surface area (Å²) in [6.45, 7) is 1.17. The average molecular weight is 230 g/mol. The van der Waals surface area contributed by atoms with E-state index >= 15 is 0 Å². The fourth-order valence-corrected chi connectivity index (χ4v) is 1.64. The number of hydrogen-bond acceptors (Lipinski definition) is 4. The van der Waals surface area contributed by atoms with Crippen LogP contribution in [0.4, 0.5) is 0 Å². The van der Waals surface area contributed by atoms with Crippen LogP contribution in [-0.2, 0) is 14.3 Å². The Bertz CT molecular complexity index is 262. The van der Waals surface area contributed by atoms with E-state index in [1.807, 2.05) is 0 Å². The SMILES string of the molecule is CNCCCC(=O)NC1(C(=O)O)CCOC1. The standard InChI is InChI=1S/C10H18N2O4/c1-11-5-2-3-8(13)12-10(9(14)15)4-6-16-7-10/h11H,2-7H2,1H3,(H,12,13)(H,14,15). The Morgan fingerprint density at radius 2 is 2.25 bits per heavy atom. The van der Waals surface area contributed by atoms with E-state index in [2.05, 4.69) is 10.6 Å². The van der Waals surface area contributed by atoms with Crippen LogP contribution in [0, 0.1) is 0 Å². The number of nitrogens with one attached hydrogen (secondary N) is 2. The van der Waals surface area contributed by atoms with Gasteiger partial charge in [0.25, 0.3) is 0 Å². The molecule has 1 unspecified atom stereocenters. The topological polar surface area (TPSA) is 87.7 Å². The van der Waals surface area contributed by atoms with Gasteiger partial charge in [0.2, 0.25) is 5.91 Å². The second-order valence-corrected chi connectivity index (χ2v) is 3.95. The molecule has 0 aromatic carbocycles. The van der Waals surface area contributed by atoms with Gasteiger partial charge in [0.05, 0.1) is 6.61 Å². The lowest BCUT2D eigenvalue weighted by Gasteiger charge is -2.23. The van der Waals surface area contributed by atoms with Crippen LogP contribution in [0.1, 0.15) is 19.3 Å². The number of carbonyl (C=O) groups is 2. The van der Waals surface area contributed by atoms with E-state index in [0.717, 1.165) is 6.54 Å². The highest BCUT2D eigenvalue weighted by atomic mass is 16.5. The molecule has 92 valence electrons. The second-order valence-electron chi connectivity index (χ2n) is 3.95. The third-order valence-electron chi connectivity index (χ3n) is 2.64. The summed E-state index contributed by atoms with van der Waals surface area (Å²) < 4.78 is 5.04. The van der Waals surface area contributed by atoms with E-state index in [0.29, 0.717) is 25.9 Å². The van der Waals surface area contributed by atoms with E-state index in [-0.39, 0.29) is 12.5 Å². The predicted octanol–water partition coefficient (Wildman–Crippen LogP) is -0.654. The summed E-state index contributed by atoms with van der Waals surface area (Å²) in [7, 11) is 1.81. The Balaban J connectivity index is 2.43. The molecular formula is C10H18N2O4. The maximum absolute atomic E-state index is 11.5. The van der Waals surface area contributed by atoms with Crippen molar-refractivity contribution in [2.75, 3.05) is 26.8 Å². The van der Waals surface area contributed by atoms with Crippen molar-refractivity contribution in [3.63, 3.8) is 0 Å². The number of carbonyl (C=O) groups excluding carboxylic acids is 1. The highest BCUT2D eigenvalue weighted by Crippen LogP contribution is 2.19. The number of amides is 1. The molecule has 0 radical (unpaired) electrons. The Labute approximate surface area is 94.3 Å².